The molecule has 0 aromatic carbocycles. The summed E-state index contributed by atoms with van der Waals surface area (Å²) in [4.78, 5) is 0. The Balaban J connectivity index is 1.55. The van der Waals surface area contributed by atoms with Crippen LogP contribution in [0.2, 0.25) is 0 Å². The summed E-state index contributed by atoms with van der Waals surface area (Å²) in [6.07, 6.45) is 5.98. The molecule has 0 spiro atoms. The molecule has 32 heavy (non-hydrogen) atoms. The lowest BCUT2D eigenvalue weighted by atomic mass is 9.47. The molecule has 0 aliphatic heterocycles. The average Bonchev–Trinajstić information content (AvgIpc) is 3.13. The molecule has 4 rings (SSSR count). The summed E-state index contributed by atoms with van der Waals surface area (Å²) in [5.41, 5.74) is 1.12. The smallest absolute Gasteiger partial charge is 0.0832 e. The Bertz CT molecular complexity index is 781. The highest BCUT2D eigenvalue weighted by atomic mass is 16.3. The second-order valence-corrected chi connectivity index (χ2v) is 12.7. The predicted octanol–water partition coefficient (Wildman–Crippen LogP) is 5.97. The average molecular weight is 451 g/mol. The van der Waals surface area contributed by atoms with Crippen molar-refractivity contribution in [3.05, 3.63) is 11.6 Å². The van der Waals surface area contributed by atoms with Gasteiger partial charge in [-0.2, -0.15) is 0 Å². The van der Waals surface area contributed by atoms with Gasteiger partial charge in [-0.3, -0.25) is 0 Å². The van der Waals surface area contributed by atoms with Gasteiger partial charge in [-0.1, -0.05) is 59.6 Å². The summed E-state index contributed by atoms with van der Waals surface area (Å²) >= 11 is 0. The molecule has 0 bridgehead atoms. The van der Waals surface area contributed by atoms with E-state index in [1.807, 2.05) is 0 Å². The van der Waals surface area contributed by atoms with Gasteiger partial charge in [0, 0.05) is 1.37 Å². The summed E-state index contributed by atoms with van der Waals surface area (Å²) in [7, 11) is 0. The summed E-state index contributed by atoms with van der Waals surface area (Å²) < 4.78 is 16.8. The zero-order valence-electron chi connectivity index (χ0n) is 23.3. The molecule has 12 atom stereocenters. The standard InChI is InChI=1S/C29H50O3/c1-7-21(17(2)3)27(32)26(31)18(4)23-10-11-24-22-9-8-19-16-20(30)12-14-28(19,5)25(22)13-15-29(23,24)6/h8,17-18,20-27,30-32H,7,9-16H2,1-6H3/t18-,20-,21-,22-,23+,24-,25-,26+,27+,28-,29+/m0/s1/i16T,20T/t16?,18-,20-,21-,22-,23+,24-,25-,26+,27+,28-,29+. The largest absolute Gasteiger partial charge is 0.393 e. The summed E-state index contributed by atoms with van der Waals surface area (Å²) in [6, 6.07) is 0. The Morgan fingerprint density at radius 1 is 1.06 bits per heavy atom. The third-order valence-electron chi connectivity index (χ3n) is 11.1. The summed E-state index contributed by atoms with van der Waals surface area (Å²) in [5.74, 6) is 2.67. The highest BCUT2D eigenvalue weighted by Gasteiger charge is 2.59. The molecule has 0 aromatic rings. The Morgan fingerprint density at radius 3 is 2.44 bits per heavy atom. The highest BCUT2D eigenvalue weighted by Crippen LogP contribution is 2.67. The monoisotopic (exact) mass is 450 g/mol. The van der Waals surface area contributed by atoms with Gasteiger partial charge < -0.3 is 15.3 Å². The molecule has 3 nitrogen and oxygen atoms in total. The predicted molar refractivity (Wildman–Crippen MR) is 131 cm³/mol. The van der Waals surface area contributed by atoms with Gasteiger partial charge in [0.2, 0.25) is 0 Å². The molecule has 0 saturated heterocycles. The molecule has 1 unspecified atom stereocenters. The Labute approximate surface area is 199 Å². The van der Waals surface area contributed by atoms with E-state index in [0.717, 1.165) is 44.1 Å². The van der Waals surface area contributed by atoms with E-state index < -0.39 is 24.7 Å². The van der Waals surface area contributed by atoms with Crippen LogP contribution in [-0.4, -0.2) is 33.6 Å². The first-order valence-corrected chi connectivity index (χ1v) is 13.5. The van der Waals surface area contributed by atoms with Crippen molar-refractivity contribution in [3.63, 3.8) is 0 Å². The van der Waals surface area contributed by atoms with Gasteiger partial charge in [0.05, 0.1) is 19.7 Å². The fraction of sp³-hybridized carbons (Fsp3) is 0.931. The van der Waals surface area contributed by atoms with Gasteiger partial charge in [-0.15, -0.1) is 0 Å². The van der Waals surface area contributed by atoms with Crippen LogP contribution in [-0.2, 0) is 0 Å². The molecule has 3 saturated carbocycles. The van der Waals surface area contributed by atoms with Gasteiger partial charge in [0.15, 0.2) is 0 Å². The van der Waals surface area contributed by atoms with Crippen molar-refractivity contribution in [2.45, 2.75) is 118 Å². The first-order chi connectivity index (χ1) is 15.8. The van der Waals surface area contributed by atoms with Gasteiger partial charge in [-0.05, 0) is 104 Å². The van der Waals surface area contributed by atoms with Crippen LogP contribution < -0.4 is 0 Å². The zero-order chi connectivity index (χ0) is 25.2. The van der Waals surface area contributed by atoms with E-state index in [1.165, 1.54) is 6.42 Å². The molecule has 0 radical (unpaired) electrons. The van der Waals surface area contributed by atoms with E-state index in [-0.39, 0.29) is 22.7 Å². The van der Waals surface area contributed by atoms with Crippen LogP contribution in [0.1, 0.15) is 102 Å². The van der Waals surface area contributed by atoms with E-state index in [2.05, 4.69) is 47.6 Å². The number of aliphatic hydroxyl groups excluding tert-OH is 2. The zero-order valence-corrected chi connectivity index (χ0v) is 21.3. The summed E-state index contributed by atoms with van der Waals surface area (Å²) in [6.45, 7) is 13.3. The maximum absolute atomic E-state index is 11.3. The number of rotatable bonds is 6. The topological polar surface area (TPSA) is 60.7 Å². The quantitative estimate of drug-likeness (QED) is 0.437. The van der Waals surface area contributed by atoms with Crippen molar-refractivity contribution >= 4 is 0 Å². The van der Waals surface area contributed by atoms with Crippen molar-refractivity contribution in [3.8, 4) is 0 Å². The van der Waals surface area contributed by atoms with Crippen LogP contribution >= 0.6 is 0 Å². The van der Waals surface area contributed by atoms with Crippen LogP contribution in [0.25, 0.3) is 0 Å². The normalized spacial score (nSPS) is 50.8. The molecule has 3 fully saturated rings. The maximum Gasteiger partial charge on any atom is 0.0832 e. The third-order valence-corrected chi connectivity index (χ3v) is 11.1. The van der Waals surface area contributed by atoms with Crippen LogP contribution in [0.3, 0.4) is 0 Å². The minimum absolute atomic E-state index is 0.0743. The molecule has 0 amide bonds. The van der Waals surface area contributed by atoms with E-state index in [1.54, 1.807) is 0 Å². The maximum atomic E-state index is 11.3. The van der Waals surface area contributed by atoms with Crippen molar-refractivity contribution < 1.29 is 18.1 Å². The van der Waals surface area contributed by atoms with Crippen molar-refractivity contribution in [2.75, 3.05) is 0 Å². The molecular weight excluding hydrogens is 396 g/mol. The number of hydrogen-bond donors (Lipinski definition) is 3. The number of allylic oxidation sites excluding steroid dienone is 1. The first-order valence-electron chi connectivity index (χ1n) is 14.6. The molecule has 4 aliphatic rings. The van der Waals surface area contributed by atoms with Crippen molar-refractivity contribution in [2.24, 2.45) is 52.3 Å². The number of hydrogen-bond acceptors (Lipinski definition) is 3. The van der Waals surface area contributed by atoms with Crippen LogP contribution in [0.5, 0.6) is 0 Å². The SMILES string of the molecule is [3H]C1C2=CC[C@H]3[C@@H]4CC[C@H]([C@H](C)[C@@H](O)[C@H](O)[C@@H](CC)C(C)C)[C@@]4(C)CC[C@@H]3[C@@]2(C)CC[C@]1([3H])O. The van der Waals surface area contributed by atoms with Crippen LogP contribution in [0.15, 0.2) is 11.6 Å². The van der Waals surface area contributed by atoms with Crippen LogP contribution in [0.4, 0.5) is 0 Å². The van der Waals surface area contributed by atoms with E-state index in [0.29, 0.717) is 36.0 Å². The third kappa shape index (κ3) is 3.83. The molecule has 184 valence electrons. The van der Waals surface area contributed by atoms with E-state index in [4.69, 9.17) is 2.74 Å². The lowest BCUT2D eigenvalue weighted by Crippen LogP contribution is -2.52. The lowest BCUT2D eigenvalue weighted by molar-refractivity contribution is -0.0991. The van der Waals surface area contributed by atoms with Crippen LogP contribution in [0, 0.1) is 52.3 Å². The molecular formula is C29H50O3. The minimum Gasteiger partial charge on any atom is -0.393 e. The van der Waals surface area contributed by atoms with Gasteiger partial charge in [0.1, 0.15) is 0 Å². The fourth-order valence-corrected chi connectivity index (χ4v) is 9.12. The van der Waals surface area contributed by atoms with E-state index >= 15 is 0 Å². The van der Waals surface area contributed by atoms with Gasteiger partial charge in [-0.25, -0.2) is 0 Å². The molecule has 0 aromatic heterocycles. The van der Waals surface area contributed by atoms with Gasteiger partial charge in [0.25, 0.3) is 0 Å². The second-order valence-electron chi connectivity index (χ2n) is 12.7. The Morgan fingerprint density at radius 2 is 1.78 bits per heavy atom. The van der Waals surface area contributed by atoms with Gasteiger partial charge >= 0.3 is 0 Å². The molecule has 4 aliphatic carbocycles. The number of aliphatic hydroxyl groups is 3. The first kappa shape index (κ1) is 22.1. The van der Waals surface area contributed by atoms with E-state index in [9.17, 15) is 15.3 Å². The Hall–Kier alpha value is -0.380. The van der Waals surface area contributed by atoms with Crippen molar-refractivity contribution in [1.29, 1.82) is 0 Å². The minimum atomic E-state index is -1.65. The Kier molecular flexibility index (Phi) is 6.22. The highest BCUT2D eigenvalue weighted by molar-refractivity contribution is 5.25. The molecule has 0 heterocycles. The number of fused-ring (bicyclic) bond motifs is 5. The lowest BCUT2D eigenvalue weighted by Gasteiger charge is -2.58. The second kappa shape index (κ2) is 9.00. The molecule has 3 N–H and O–H groups in total. The van der Waals surface area contributed by atoms with Crippen molar-refractivity contribution in [1.82, 2.24) is 0 Å². The summed E-state index contributed by atoms with van der Waals surface area (Å²) in [5, 5.41) is 32.8. The molecule has 3 heteroatoms. The fourth-order valence-electron chi connectivity index (χ4n) is 9.12.